The highest BCUT2D eigenvalue weighted by Gasteiger charge is 2.34. The maximum atomic E-state index is 12.3. The Bertz CT molecular complexity index is 462. The summed E-state index contributed by atoms with van der Waals surface area (Å²) >= 11 is 0. The Morgan fingerprint density at radius 3 is 3.10 bits per heavy atom. The topological polar surface area (TPSA) is 85.4 Å². The Kier molecular flexibility index (Phi) is 5.72. The molecule has 0 aliphatic carbocycles. The van der Waals surface area contributed by atoms with Crippen molar-refractivity contribution in [1.82, 2.24) is 20.0 Å². The summed E-state index contributed by atoms with van der Waals surface area (Å²) in [7, 11) is 1.88. The van der Waals surface area contributed by atoms with Crippen LogP contribution in [0.1, 0.15) is 24.9 Å². The minimum atomic E-state index is -0.293. The van der Waals surface area contributed by atoms with Crippen LogP contribution in [0.25, 0.3) is 0 Å². The Morgan fingerprint density at radius 1 is 1.67 bits per heavy atom. The number of nitrogens with one attached hydrogen (secondary N) is 1. The summed E-state index contributed by atoms with van der Waals surface area (Å²) in [5, 5.41) is 7.15. The molecule has 2 atom stereocenters. The molecule has 1 aromatic heterocycles. The molecule has 1 aromatic rings. The van der Waals surface area contributed by atoms with E-state index < -0.39 is 0 Å². The summed E-state index contributed by atoms with van der Waals surface area (Å²) in [6.45, 7) is 4.89. The molecular weight excluding hydrogens is 270 g/mol. The fraction of sp³-hybridized carbons (Fsp3) is 0.714. The third-order valence-corrected chi connectivity index (χ3v) is 3.75. The highest BCUT2D eigenvalue weighted by Crippen LogP contribution is 2.23. The normalized spacial score (nSPS) is 21.2. The Balaban J connectivity index is 2.14. The lowest BCUT2D eigenvalue weighted by atomic mass is 10.1. The van der Waals surface area contributed by atoms with Gasteiger partial charge in [-0.15, -0.1) is 0 Å². The molecule has 0 bridgehead atoms. The summed E-state index contributed by atoms with van der Waals surface area (Å²) in [5.41, 5.74) is 6.99. The van der Waals surface area contributed by atoms with E-state index in [1.165, 1.54) is 0 Å². The van der Waals surface area contributed by atoms with Crippen molar-refractivity contribution in [2.45, 2.75) is 25.4 Å². The molecule has 7 nitrogen and oxygen atoms in total. The van der Waals surface area contributed by atoms with Crippen LogP contribution in [0.15, 0.2) is 12.4 Å². The van der Waals surface area contributed by atoms with Gasteiger partial charge in [0.25, 0.3) is 0 Å². The second-order valence-corrected chi connectivity index (χ2v) is 5.32. The van der Waals surface area contributed by atoms with Crippen LogP contribution in [-0.2, 0) is 16.6 Å². The fourth-order valence-corrected chi connectivity index (χ4v) is 2.66. The van der Waals surface area contributed by atoms with Gasteiger partial charge in [0.2, 0.25) is 5.91 Å². The number of amides is 1. The van der Waals surface area contributed by atoms with Crippen molar-refractivity contribution in [2.75, 3.05) is 32.8 Å². The third-order valence-electron chi connectivity index (χ3n) is 3.75. The van der Waals surface area contributed by atoms with Crippen molar-refractivity contribution in [3.8, 4) is 0 Å². The molecule has 0 spiro atoms. The van der Waals surface area contributed by atoms with Gasteiger partial charge >= 0.3 is 0 Å². The smallest absolute Gasteiger partial charge is 0.239 e. The van der Waals surface area contributed by atoms with Crippen LogP contribution in [0, 0.1) is 0 Å². The van der Waals surface area contributed by atoms with Crippen LogP contribution in [0.3, 0.4) is 0 Å². The zero-order chi connectivity index (χ0) is 15.2. The number of aryl methyl sites for hydroxylation is 1. The molecule has 7 heteroatoms. The van der Waals surface area contributed by atoms with Gasteiger partial charge in [0.1, 0.15) is 6.04 Å². The van der Waals surface area contributed by atoms with Crippen molar-refractivity contribution < 1.29 is 9.53 Å². The standard InChI is InChI=1S/C14H25N5O2/c1-3-4-16-14(20)13-10-21-6-5-19(13)12(7-15)11-8-17-18(2)9-11/h8-9,12-13H,3-7,10,15H2,1-2H3,(H,16,20). The summed E-state index contributed by atoms with van der Waals surface area (Å²) in [5.74, 6) is 0.0129. The van der Waals surface area contributed by atoms with Gasteiger partial charge in [-0.1, -0.05) is 6.92 Å². The molecule has 1 fully saturated rings. The van der Waals surface area contributed by atoms with E-state index >= 15 is 0 Å². The van der Waals surface area contributed by atoms with Crippen LogP contribution in [0.4, 0.5) is 0 Å². The first-order valence-corrected chi connectivity index (χ1v) is 7.47. The van der Waals surface area contributed by atoms with E-state index in [2.05, 4.69) is 15.3 Å². The highest BCUT2D eigenvalue weighted by atomic mass is 16.5. The van der Waals surface area contributed by atoms with Crippen molar-refractivity contribution in [1.29, 1.82) is 0 Å². The molecule has 1 aliphatic heterocycles. The number of nitrogens with zero attached hydrogens (tertiary/aromatic N) is 3. The summed E-state index contributed by atoms with van der Waals surface area (Å²) < 4.78 is 7.24. The zero-order valence-electron chi connectivity index (χ0n) is 12.8. The van der Waals surface area contributed by atoms with Gasteiger partial charge in [0.15, 0.2) is 0 Å². The van der Waals surface area contributed by atoms with E-state index in [-0.39, 0.29) is 18.0 Å². The van der Waals surface area contributed by atoms with Crippen LogP contribution in [-0.4, -0.2) is 59.5 Å². The number of carbonyl (C=O) groups is 1. The molecule has 0 saturated carbocycles. The lowest BCUT2D eigenvalue weighted by molar-refractivity contribution is -0.134. The van der Waals surface area contributed by atoms with Crippen LogP contribution in [0.2, 0.25) is 0 Å². The van der Waals surface area contributed by atoms with E-state index in [4.69, 9.17) is 10.5 Å². The summed E-state index contributed by atoms with van der Waals surface area (Å²) in [6.07, 6.45) is 4.68. The molecule has 0 aromatic carbocycles. The number of hydrogen-bond donors (Lipinski definition) is 2. The van der Waals surface area contributed by atoms with E-state index in [9.17, 15) is 4.79 Å². The number of nitrogens with two attached hydrogens (primary N) is 1. The van der Waals surface area contributed by atoms with Gasteiger partial charge in [-0.2, -0.15) is 5.10 Å². The predicted molar refractivity (Wildman–Crippen MR) is 79.6 cm³/mol. The number of carbonyl (C=O) groups excluding carboxylic acids is 1. The van der Waals surface area contributed by atoms with Gasteiger partial charge in [-0.05, 0) is 6.42 Å². The SMILES string of the molecule is CCCNC(=O)C1COCCN1C(CN)c1cnn(C)c1. The lowest BCUT2D eigenvalue weighted by Crippen LogP contribution is -2.56. The molecule has 1 saturated heterocycles. The molecule has 3 N–H and O–H groups in total. The Labute approximate surface area is 125 Å². The van der Waals surface area contributed by atoms with E-state index in [0.717, 1.165) is 12.0 Å². The molecule has 2 unspecified atom stereocenters. The van der Waals surface area contributed by atoms with Gasteiger partial charge in [-0.3, -0.25) is 14.4 Å². The first kappa shape index (κ1) is 15.9. The maximum Gasteiger partial charge on any atom is 0.239 e. The Hall–Kier alpha value is -1.44. The Morgan fingerprint density at radius 2 is 2.48 bits per heavy atom. The summed E-state index contributed by atoms with van der Waals surface area (Å²) in [4.78, 5) is 14.5. The zero-order valence-corrected chi connectivity index (χ0v) is 12.8. The molecule has 2 heterocycles. The second-order valence-electron chi connectivity index (χ2n) is 5.32. The predicted octanol–water partition coefficient (Wildman–Crippen LogP) is -0.353. The molecule has 0 radical (unpaired) electrons. The number of aromatic nitrogens is 2. The quantitative estimate of drug-likeness (QED) is 0.749. The number of ether oxygens (including phenoxy) is 1. The minimum Gasteiger partial charge on any atom is -0.378 e. The van der Waals surface area contributed by atoms with E-state index in [1.807, 2.05) is 26.4 Å². The number of hydrogen-bond acceptors (Lipinski definition) is 5. The highest BCUT2D eigenvalue weighted by molar-refractivity contribution is 5.82. The fourth-order valence-electron chi connectivity index (χ4n) is 2.66. The molecule has 1 aliphatic rings. The van der Waals surface area contributed by atoms with Crippen molar-refractivity contribution >= 4 is 5.91 Å². The van der Waals surface area contributed by atoms with Gasteiger partial charge in [0, 0.05) is 38.4 Å². The van der Waals surface area contributed by atoms with E-state index in [0.29, 0.717) is 32.8 Å². The lowest BCUT2D eigenvalue weighted by Gasteiger charge is -2.39. The first-order valence-electron chi connectivity index (χ1n) is 7.47. The van der Waals surface area contributed by atoms with Crippen molar-refractivity contribution in [3.05, 3.63) is 18.0 Å². The second kappa shape index (κ2) is 7.53. The van der Waals surface area contributed by atoms with Crippen LogP contribution < -0.4 is 11.1 Å². The minimum absolute atomic E-state index is 0.0129. The maximum absolute atomic E-state index is 12.3. The average Bonchev–Trinajstić information content (AvgIpc) is 2.92. The van der Waals surface area contributed by atoms with Gasteiger partial charge in [-0.25, -0.2) is 0 Å². The van der Waals surface area contributed by atoms with Crippen LogP contribution >= 0.6 is 0 Å². The molecule has 1 amide bonds. The average molecular weight is 295 g/mol. The largest absolute Gasteiger partial charge is 0.378 e. The molecule has 118 valence electrons. The molecular formula is C14H25N5O2. The van der Waals surface area contributed by atoms with Gasteiger partial charge < -0.3 is 15.8 Å². The van der Waals surface area contributed by atoms with Crippen molar-refractivity contribution in [3.63, 3.8) is 0 Å². The first-order chi connectivity index (χ1) is 10.2. The number of rotatable bonds is 6. The van der Waals surface area contributed by atoms with Gasteiger partial charge in [0.05, 0.1) is 25.5 Å². The van der Waals surface area contributed by atoms with Crippen molar-refractivity contribution in [2.24, 2.45) is 12.8 Å². The summed E-state index contributed by atoms with van der Waals surface area (Å²) in [6, 6.07) is -0.306. The third kappa shape index (κ3) is 3.81. The number of morpholine rings is 1. The van der Waals surface area contributed by atoms with Crippen LogP contribution in [0.5, 0.6) is 0 Å². The molecule has 2 rings (SSSR count). The monoisotopic (exact) mass is 295 g/mol. The van der Waals surface area contributed by atoms with E-state index in [1.54, 1.807) is 4.68 Å². The molecule has 21 heavy (non-hydrogen) atoms.